The molecule has 0 saturated heterocycles. The Labute approximate surface area is 124 Å². The molecule has 1 aliphatic carbocycles. The van der Waals surface area contributed by atoms with Crippen LogP contribution in [0.15, 0.2) is 0 Å². The fourth-order valence-electron chi connectivity index (χ4n) is 2.89. The minimum atomic E-state index is 0.560. The van der Waals surface area contributed by atoms with Crippen molar-refractivity contribution >= 4 is 17.6 Å². The summed E-state index contributed by atoms with van der Waals surface area (Å²) in [6, 6.07) is 0. The van der Waals surface area contributed by atoms with Crippen molar-refractivity contribution in [1.82, 2.24) is 9.97 Å². The lowest BCUT2D eigenvalue weighted by Crippen LogP contribution is -2.20. The summed E-state index contributed by atoms with van der Waals surface area (Å²) in [5.74, 6) is 8.09. The Morgan fingerprint density at radius 3 is 2.90 bits per heavy atom. The third-order valence-corrected chi connectivity index (χ3v) is 5.37. The standard InChI is InChI=1S/C14H22N4OS/c15-18-14-11-8-19-7-6-12(11)16-13(17-14)9-20-10-4-2-1-3-5-10/h10H,1-9,15H2,(H,16,17,18). The van der Waals surface area contributed by atoms with Crippen molar-refractivity contribution in [3.8, 4) is 0 Å². The number of hydrogen-bond acceptors (Lipinski definition) is 6. The number of fused-ring (bicyclic) bond motifs is 1. The first kappa shape index (κ1) is 14.1. The fourth-order valence-corrected chi connectivity index (χ4v) is 4.07. The van der Waals surface area contributed by atoms with Crippen LogP contribution in [0.4, 0.5) is 5.82 Å². The van der Waals surface area contributed by atoms with Gasteiger partial charge in [-0.25, -0.2) is 15.8 Å². The van der Waals surface area contributed by atoms with Crippen molar-refractivity contribution in [1.29, 1.82) is 0 Å². The number of hydrogen-bond donors (Lipinski definition) is 2. The van der Waals surface area contributed by atoms with Crippen molar-refractivity contribution in [2.24, 2.45) is 5.84 Å². The summed E-state index contributed by atoms with van der Waals surface area (Å²) in [5, 5.41) is 0.779. The number of hydrazine groups is 1. The lowest BCUT2D eigenvalue weighted by molar-refractivity contribution is 0.109. The molecule has 0 unspecified atom stereocenters. The van der Waals surface area contributed by atoms with Crippen LogP contribution >= 0.6 is 11.8 Å². The largest absolute Gasteiger partial charge is 0.376 e. The maximum atomic E-state index is 5.58. The molecular weight excluding hydrogens is 272 g/mol. The summed E-state index contributed by atoms with van der Waals surface area (Å²) in [6.45, 7) is 1.30. The van der Waals surface area contributed by atoms with Gasteiger partial charge in [0.2, 0.25) is 0 Å². The number of anilines is 1. The summed E-state index contributed by atoms with van der Waals surface area (Å²) in [5.41, 5.74) is 4.81. The molecule has 20 heavy (non-hydrogen) atoms. The second-order valence-corrected chi connectivity index (χ2v) is 6.72. The summed E-state index contributed by atoms with van der Waals surface area (Å²) >= 11 is 2.00. The van der Waals surface area contributed by atoms with Crippen molar-refractivity contribution in [3.63, 3.8) is 0 Å². The zero-order valence-electron chi connectivity index (χ0n) is 11.7. The van der Waals surface area contributed by atoms with Gasteiger partial charge in [-0.15, -0.1) is 0 Å². The van der Waals surface area contributed by atoms with Gasteiger partial charge in [0, 0.05) is 17.2 Å². The number of nitrogens with two attached hydrogens (primary N) is 1. The highest BCUT2D eigenvalue weighted by atomic mass is 32.2. The molecule has 2 aliphatic rings. The van der Waals surface area contributed by atoms with Gasteiger partial charge < -0.3 is 10.2 Å². The van der Waals surface area contributed by atoms with Crippen molar-refractivity contribution < 1.29 is 4.74 Å². The molecule has 1 aromatic heterocycles. The van der Waals surface area contributed by atoms with E-state index in [9.17, 15) is 0 Å². The SMILES string of the molecule is NNc1nc(CSC2CCCCC2)nc2c1COCC2. The van der Waals surface area contributed by atoms with Crippen LogP contribution in [-0.2, 0) is 23.5 Å². The minimum Gasteiger partial charge on any atom is -0.376 e. The number of aromatic nitrogens is 2. The van der Waals surface area contributed by atoms with E-state index in [0.29, 0.717) is 6.61 Å². The Hall–Kier alpha value is -0.850. The summed E-state index contributed by atoms with van der Waals surface area (Å²) < 4.78 is 5.45. The van der Waals surface area contributed by atoms with Crippen LogP contribution in [0.1, 0.15) is 49.2 Å². The van der Waals surface area contributed by atoms with Gasteiger partial charge >= 0.3 is 0 Å². The molecule has 0 aromatic carbocycles. The van der Waals surface area contributed by atoms with Gasteiger partial charge in [-0.05, 0) is 12.8 Å². The van der Waals surface area contributed by atoms with Gasteiger partial charge in [0.25, 0.3) is 0 Å². The normalized spacial score (nSPS) is 19.6. The molecular formula is C14H22N4OS. The van der Waals surface area contributed by atoms with Gasteiger partial charge in [0.1, 0.15) is 11.6 Å². The lowest BCUT2D eigenvalue weighted by Gasteiger charge is -2.22. The van der Waals surface area contributed by atoms with Crippen molar-refractivity contribution in [3.05, 3.63) is 17.1 Å². The lowest BCUT2D eigenvalue weighted by atomic mass is 10.0. The Morgan fingerprint density at radius 2 is 2.10 bits per heavy atom. The topological polar surface area (TPSA) is 73.1 Å². The van der Waals surface area contributed by atoms with E-state index in [1.807, 2.05) is 11.8 Å². The third kappa shape index (κ3) is 3.24. The molecule has 0 spiro atoms. The molecule has 2 heterocycles. The Balaban J connectivity index is 1.69. The van der Waals surface area contributed by atoms with E-state index in [4.69, 9.17) is 15.6 Å². The zero-order chi connectivity index (χ0) is 13.8. The smallest absolute Gasteiger partial charge is 0.149 e. The molecule has 0 amide bonds. The number of nitrogens with zero attached hydrogens (tertiary/aromatic N) is 2. The van der Waals surface area contributed by atoms with E-state index >= 15 is 0 Å². The Bertz CT molecular complexity index is 445. The van der Waals surface area contributed by atoms with E-state index in [1.165, 1.54) is 32.1 Å². The maximum Gasteiger partial charge on any atom is 0.149 e. The highest BCUT2D eigenvalue weighted by Gasteiger charge is 2.19. The van der Waals surface area contributed by atoms with Crippen molar-refractivity contribution in [2.75, 3.05) is 12.0 Å². The highest BCUT2D eigenvalue weighted by Crippen LogP contribution is 2.30. The maximum absolute atomic E-state index is 5.58. The molecule has 5 nitrogen and oxygen atoms in total. The van der Waals surface area contributed by atoms with Gasteiger partial charge in [0.05, 0.1) is 24.7 Å². The first-order valence-electron chi connectivity index (χ1n) is 7.41. The third-order valence-electron chi connectivity index (χ3n) is 4.01. The van der Waals surface area contributed by atoms with Crippen molar-refractivity contribution in [2.45, 2.75) is 56.1 Å². The molecule has 0 atom stereocenters. The van der Waals surface area contributed by atoms with Crippen LogP contribution in [0.25, 0.3) is 0 Å². The van der Waals surface area contributed by atoms with Crippen LogP contribution in [0.2, 0.25) is 0 Å². The fraction of sp³-hybridized carbons (Fsp3) is 0.714. The zero-order valence-corrected chi connectivity index (χ0v) is 12.5. The number of thioether (sulfide) groups is 1. The van der Waals surface area contributed by atoms with Crippen LogP contribution in [-0.4, -0.2) is 21.8 Å². The van der Waals surface area contributed by atoms with Crippen LogP contribution in [0.5, 0.6) is 0 Å². The van der Waals surface area contributed by atoms with Gasteiger partial charge in [-0.3, -0.25) is 0 Å². The predicted molar refractivity (Wildman–Crippen MR) is 81.4 cm³/mol. The molecule has 110 valence electrons. The Morgan fingerprint density at radius 1 is 1.25 bits per heavy atom. The second-order valence-electron chi connectivity index (χ2n) is 5.43. The van der Waals surface area contributed by atoms with E-state index in [0.717, 1.165) is 46.9 Å². The van der Waals surface area contributed by atoms with E-state index in [2.05, 4.69) is 10.4 Å². The number of rotatable bonds is 4. The first-order chi connectivity index (χ1) is 9.86. The summed E-state index contributed by atoms with van der Waals surface area (Å²) in [6.07, 6.45) is 7.67. The average Bonchev–Trinajstić information content (AvgIpc) is 2.53. The minimum absolute atomic E-state index is 0.560. The van der Waals surface area contributed by atoms with E-state index in [1.54, 1.807) is 0 Å². The molecule has 6 heteroatoms. The van der Waals surface area contributed by atoms with Crippen LogP contribution in [0, 0.1) is 0 Å². The molecule has 3 rings (SSSR count). The molecule has 3 N–H and O–H groups in total. The molecule has 1 fully saturated rings. The highest BCUT2D eigenvalue weighted by molar-refractivity contribution is 7.99. The second kappa shape index (κ2) is 6.74. The Kier molecular flexibility index (Phi) is 4.75. The average molecular weight is 294 g/mol. The van der Waals surface area contributed by atoms with Gasteiger partial charge in [-0.1, -0.05) is 19.3 Å². The molecule has 0 bridgehead atoms. The first-order valence-corrected chi connectivity index (χ1v) is 8.46. The van der Waals surface area contributed by atoms with E-state index < -0.39 is 0 Å². The molecule has 1 saturated carbocycles. The molecule has 1 aromatic rings. The van der Waals surface area contributed by atoms with Gasteiger partial charge in [0.15, 0.2) is 0 Å². The number of nitrogens with one attached hydrogen (secondary N) is 1. The predicted octanol–water partition coefficient (Wildman–Crippen LogP) is 2.40. The van der Waals surface area contributed by atoms with E-state index in [-0.39, 0.29) is 0 Å². The monoisotopic (exact) mass is 294 g/mol. The quantitative estimate of drug-likeness (QED) is 0.656. The number of nitrogen functional groups attached to an aromatic ring is 1. The van der Waals surface area contributed by atoms with Crippen LogP contribution < -0.4 is 11.3 Å². The summed E-state index contributed by atoms with van der Waals surface area (Å²) in [7, 11) is 0. The molecule has 1 aliphatic heterocycles. The molecule has 0 radical (unpaired) electrons. The van der Waals surface area contributed by atoms with Crippen LogP contribution in [0.3, 0.4) is 0 Å². The number of ether oxygens (including phenoxy) is 1. The summed E-state index contributed by atoms with van der Waals surface area (Å²) in [4.78, 5) is 9.24. The van der Waals surface area contributed by atoms with Gasteiger partial charge in [-0.2, -0.15) is 11.8 Å².